The van der Waals surface area contributed by atoms with Crippen molar-refractivity contribution >= 4 is 28.9 Å². The number of rotatable bonds is 7. The van der Waals surface area contributed by atoms with Crippen molar-refractivity contribution in [2.45, 2.75) is 6.54 Å². The van der Waals surface area contributed by atoms with Crippen LogP contribution >= 0.6 is 11.6 Å². The van der Waals surface area contributed by atoms with Crippen molar-refractivity contribution in [1.82, 2.24) is 9.78 Å². The Morgan fingerprint density at radius 3 is 2.61 bits per heavy atom. The van der Waals surface area contributed by atoms with Crippen LogP contribution in [0.1, 0.15) is 0 Å². The molecule has 28 heavy (non-hydrogen) atoms. The molecule has 2 aromatic carbocycles. The SMILES string of the molecule is COc1ccc(Oc2ccc(Cl)cc2NC(=O)Cn2cc([N+](=O)[O-])cn2)cc1. The van der Waals surface area contributed by atoms with E-state index in [4.69, 9.17) is 21.1 Å². The molecule has 3 rings (SSSR count). The first-order chi connectivity index (χ1) is 13.4. The summed E-state index contributed by atoms with van der Waals surface area (Å²) in [5, 5.41) is 17.6. The lowest BCUT2D eigenvalue weighted by molar-refractivity contribution is -0.385. The number of ether oxygens (including phenoxy) is 2. The highest BCUT2D eigenvalue weighted by Crippen LogP contribution is 2.32. The maximum atomic E-state index is 12.3. The van der Waals surface area contributed by atoms with Crippen LogP contribution in [0.15, 0.2) is 54.9 Å². The molecule has 0 atom stereocenters. The average Bonchev–Trinajstić information content (AvgIpc) is 3.13. The lowest BCUT2D eigenvalue weighted by atomic mass is 10.2. The van der Waals surface area contributed by atoms with Gasteiger partial charge < -0.3 is 14.8 Å². The topological polar surface area (TPSA) is 109 Å². The van der Waals surface area contributed by atoms with E-state index in [1.54, 1.807) is 49.6 Å². The summed E-state index contributed by atoms with van der Waals surface area (Å²) in [5.74, 6) is 1.17. The number of carbonyl (C=O) groups excluding carboxylic acids is 1. The number of halogens is 1. The highest BCUT2D eigenvalue weighted by Gasteiger charge is 2.14. The summed E-state index contributed by atoms with van der Waals surface area (Å²) < 4.78 is 12.1. The predicted octanol–water partition coefficient (Wildman–Crippen LogP) is 3.88. The first-order valence-electron chi connectivity index (χ1n) is 8.03. The maximum absolute atomic E-state index is 12.3. The van der Waals surface area contributed by atoms with Crippen molar-refractivity contribution in [2.75, 3.05) is 12.4 Å². The highest BCUT2D eigenvalue weighted by atomic mass is 35.5. The fourth-order valence-corrected chi connectivity index (χ4v) is 2.50. The van der Waals surface area contributed by atoms with Crippen LogP contribution in [-0.2, 0) is 11.3 Å². The maximum Gasteiger partial charge on any atom is 0.307 e. The van der Waals surface area contributed by atoms with Gasteiger partial charge in [-0.1, -0.05) is 11.6 Å². The molecule has 0 aliphatic heterocycles. The molecule has 0 aliphatic carbocycles. The average molecular weight is 403 g/mol. The second kappa shape index (κ2) is 8.40. The highest BCUT2D eigenvalue weighted by molar-refractivity contribution is 6.31. The van der Waals surface area contributed by atoms with Crippen molar-refractivity contribution in [1.29, 1.82) is 0 Å². The minimum atomic E-state index is -0.584. The number of aromatic nitrogens is 2. The molecular formula is C18H15ClN4O5. The fourth-order valence-electron chi connectivity index (χ4n) is 2.33. The number of nitrogens with zero attached hydrogens (tertiary/aromatic N) is 3. The third-order valence-corrected chi connectivity index (χ3v) is 3.87. The Morgan fingerprint density at radius 2 is 1.96 bits per heavy atom. The molecule has 1 heterocycles. The van der Waals surface area contributed by atoms with E-state index < -0.39 is 10.8 Å². The van der Waals surface area contributed by atoms with Crippen LogP contribution < -0.4 is 14.8 Å². The van der Waals surface area contributed by atoms with E-state index in [9.17, 15) is 14.9 Å². The molecule has 0 saturated carbocycles. The van der Waals surface area contributed by atoms with Gasteiger partial charge in [-0.05, 0) is 42.5 Å². The molecule has 144 valence electrons. The van der Waals surface area contributed by atoms with Gasteiger partial charge in [0.25, 0.3) is 0 Å². The van der Waals surface area contributed by atoms with E-state index in [1.165, 1.54) is 10.9 Å². The molecule has 0 saturated heterocycles. The number of methoxy groups -OCH3 is 1. The van der Waals surface area contributed by atoms with Gasteiger partial charge in [0.2, 0.25) is 5.91 Å². The van der Waals surface area contributed by atoms with Gasteiger partial charge in [0.1, 0.15) is 30.4 Å². The lowest BCUT2D eigenvalue weighted by Crippen LogP contribution is -2.19. The summed E-state index contributed by atoms with van der Waals surface area (Å²) in [7, 11) is 1.57. The number of carbonyl (C=O) groups is 1. The molecule has 0 fully saturated rings. The Hall–Kier alpha value is -3.59. The molecule has 0 aliphatic rings. The molecular weight excluding hydrogens is 388 g/mol. The number of anilines is 1. The third-order valence-electron chi connectivity index (χ3n) is 3.64. The summed E-state index contributed by atoms with van der Waals surface area (Å²) in [6.45, 7) is -0.206. The Morgan fingerprint density at radius 1 is 1.25 bits per heavy atom. The van der Waals surface area contributed by atoms with Crippen LogP contribution in [0.5, 0.6) is 17.2 Å². The summed E-state index contributed by atoms with van der Waals surface area (Å²) in [6, 6.07) is 11.7. The number of benzene rings is 2. The minimum Gasteiger partial charge on any atom is -0.497 e. The molecule has 0 spiro atoms. The minimum absolute atomic E-state index is 0.195. The second-order valence-electron chi connectivity index (χ2n) is 5.62. The van der Waals surface area contributed by atoms with Crippen LogP contribution in [0.2, 0.25) is 5.02 Å². The van der Waals surface area contributed by atoms with Crippen LogP contribution in [0.25, 0.3) is 0 Å². The van der Waals surface area contributed by atoms with Gasteiger partial charge in [-0.25, -0.2) is 0 Å². The Bertz CT molecular complexity index is 1000. The van der Waals surface area contributed by atoms with E-state index in [2.05, 4.69) is 10.4 Å². The van der Waals surface area contributed by atoms with E-state index in [1.807, 2.05) is 0 Å². The predicted molar refractivity (Wildman–Crippen MR) is 102 cm³/mol. The van der Waals surface area contributed by atoms with E-state index in [-0.39, 0.29) is 12.2 Å². The second-order valence-corrected chi connectivity index (χ2v) is 6.06. The Labute approximate surface area is 164 Å². The summed E-state index contributed by atoms with van der Waals surface area (Å²) in [4.78, 5) is 22.4. The molecule has 0 radical (unpaired) electrons. The van der Waals surface area contributed by atoms with Gasteiger partial charge in [0.15, 0.2) is 5.75 Å². The van der Waals surface area contributed by atoms with Gasteiger partial charge in [0, 0.05) is 5.02 Å². The number of hydrogen-bond acceptors (Lipinski definition) is 6. The zero-order chi connectivity index (χ0) is 20.1. The van der Waals surface area contributed by atoms with Gasteiger partial charge in [-0.15, -0.1) is 0 Å². The largest absolute Gasteiger partial charge is 0.497 e. The number of nitro groups is 1. The van der Waals surface area contributed by atoms with Crippen molar-refractivity contribution in [3.63, 3.8) is 0 Å². The Kier molecular flexibility index (Phi) is 5.75. The van der Waals surface area contributed by atoms with Gasteiger partial charge in [0.05, 0.1) is 17.7 Å². The standard InChI is InChI=1S/C18H15ClN4O5/c1-27-14-3-5-15(6-4-14)28-17-7-2-12(19)8-16(17)21-18(24)11-22-10-13(9-20-22)23(25)26/h2-10H,11H2,1H3,(H,21,24). The number of hydrogen-bond donors (Lipinski definition) is 1. The third kappa shape index (κ3) is 4.77. The molecule has 0 unspecified atom stereocenters. The molecule has 0 bridgehead atoms. The van der Waals surface area contributed by atoms with Crippen LogP contribution in [0.4, 0.5) is 11.4 Å². The van der Waals surface area contributed by atoms with Crippen LogP contribution in [-0.4, -0.2) is 27.7 Å². The molecule has 10 heteroatoms. The Balaban J connectivity index is 1.73. The molecule has 1 amide bonds. The quantitative estimate of drug-likeness (QED) is 0.474. The molecule has 9 nitrogen and oxygen atoms in total. The van der Waals surface area contributed by atoms with Gasteiger partial charge in [-0.2, -0.15) is 5.10 Å². The van der Waals surface area contributed by atoms with Gasteiger partial charge >= 0.3 is 5.69 Å². The zero-order valence-corrected chi connectivity index (χ0v) is 15.4. The monoisotopic (exact) mass is 402 g/mol. The van der Waals surface area contributed by atoms with E-state index in [0.29, 0.717) is 28.0 Å². The lowest BCUT2D eigenvalue weighted by Gasteiger charge is -2.13. The van der Waals surface area contributed by atoms with Gasteiger partial charge in [-0.3, -0.25) is 19.6 Å². The number of nitrogens with one attached hydrogen (secondary N) is 1. The summed E-state index contributed by atoms with van der Waals surface area (Å²) in [5.41, 5.74) is 0.161. The normalized spacial score (nSPS) is 10.4. The zero-order valence-electron chi connectivity index (χ0n) is 14.7. The smallest absolute Gasteiger partial charge is 0.307 e. The first kappa shape index (κ1) is 19.2. The van der Waals surface area contributed by atoms with Crippen molar-refractivity contribution in [3.05, 3.63) is 70.0 Å². The van der Waals surface area contributed by atoms with E-state index >= 15 is 0 Å². The summed E-state index contributed by atoms with van der Waals surface area (Å²) in [6.07, 6.45) is 2.25. The van der Waals surface area contributed by atoms with Crippen molar-refractivity contribution < 1.29 is 19.2 Å². The fraction of sp³-hybridized carbons (Fsp3) is 0.111. The molecule has 1 N–H and O–H groups in total. The first-order valence-corrected chi connectivity index (χ1v) is 8.40. The van der Waals surface area contributed by atoms with Crippen LogP contribution in [0, 0.1) is 10.1 Å². The summed E-state index contributed by atoms with van der Waals surface area (Å²) >= 11 is 6.03. The van der Waals surface area contributed by atoms with E-state index in [0.717, 1.165) is 6.20 Å². The van der Waals surface area contributed by atoms with Crippen molar-refractivity contribution in [3.8, 4) is 17.2 Å². The number of amides is 1. The molecule has 3 aromatic rings. The molecule has 1 aromatic heterocycles. The van der Waals surface area contributed by atoms with Crippen LogP contribution in [0.3, 0.4) is 0 Å². The van der Waals surface area contributed by atoms with Crippen molar-refractivity contribution in [2.24, 2.45) is 0 Å².